The number of halogens is 2. The number of nitrogens with one attached hydrogen (secondary N) is 1. The van der Waals surface area contributed by atoms with Gasteiger partial charge in [-0.05, 0) is 30.3 Å². The van der Waals surface area contributed by atoms with Gasteiger partial charge in [0.2, 0.25) is 0 Å². The van der Waals surface area contributed by atoms with E-state index in [-0.39, 0.29) is 5.02 Å². The van der Waals surface area contributed by atoms with Gasteiger partial charge in [-0.2, -0.15) is 0 Å². The molecule has 0 aromatic heterocycles. The molecule has 0 spiro atoms. The van der Waals surface area contributed by atoms with Crippen LogP contribution in [-0.2, 0) is 0 Å². The minimum atomic E-state index is -0.419. The summed E-state index contributed by atoms with van der Waals surface area (Å²) in [6.07, 6.45) is 0. The molecule has 0 unspecified atom stereocenters. The summed E-state index contributed by atoms with van der Waals surface area (Å²) in [5.74, 6) is 5.59. The van der Waals surface area contributed by atoms with E-state index in [0.29, 0.717) is 6.54 Å². The molecule has 2 aromatic carbocycles. The zero-order valence-electron chi connectivity index (χ0n) is 9.58. The molecule has 0 bridgehead atoms. The molecule has 0 amide bonds. The summed E-state index contributed by atoms with van der Waals surface area (Å²) in [6, 6.07) is 14.2. The Morgan fingerprint density at radius 3 is 2.61 bits per heavy atom. The molecule has 18 heavy (non-hydrogen) atoms. The van der Waals surface area contributed by atoms with E-state index in [1.54, 1.807) is 12.1 Å². The first kappa shape index (κ1) is 12.5. The van der Waals surface area contributed by atoms with E-state index >= 15 is 0 Å². The van der Waals surface area contributed by atoms with E-state index in [0.717, 1.165) is 11.3 Å². The molecule has 0 fully saturated rings. The van der Waals surface area contributed by atoms with Gasteiger partial charge in [0, 0.05) is 11.3 Å². The van der Waals surface area contributed by atoms with Crippen LogP contribution in [0.4, 0.5) is 10.1 Å². The lowest BCUT2D eigenvalue weighted by Crippen LogP contribution is -1.98. The molecule has 0 aliphatic heterocycles. The monoisotopic (exact) mass is 259 g/mol. The third-order valence-electron chi connectivity index (χ3n) is 2.31. The van der Waals surface area contributed by atoms with Crippen molar-refractivity contribution < 1.29 is 4.39 Å². The summed E-state index contributed by atoms with van der Waals surface area (Å²) in [5.41, 5.74) is 1.72. The molecule has 3 heteroatoms. The minimum absolute atomic E-state index is 0.107. The van der Waals surface area contributed by atoms with Crippen LogP contribution in [-0.4, -0.2) is 6.54 Å². The summed E-state index contributed by atoms with van der Waals surface area (Å²) in [4.78, 5) is 0. The smallest absolute Gasteiger partial charge is 0.141 e. The maximum atomic E-state index is 12.9. The van der Waals surface area contributed by atoms with Gasteiger partial charge in [0.05, 0.1) is 11.6 Å². The van der Waals surface area contributed by atoms with Gasteiger partial charge in [0.1, 0.15) is 5.82 Å². The summed E-state index contributed by atoms with van der Waals surface area (Å²) in [7, 11) is 0. The van der Waals surface area contributed by atoms with E-state index in [1.807, 2.05) is 30.3 Å². The molecule has 1 nitrogen and oxygen atoms in total. The van der Waals surface area contributed by atoms with E-state index in [9.17, 15) is 4.39 Å². The zero-order valence-corrected chi connectivity index (χ0v) is 10.3. The Morgan fingerprint density at radius 2 is 1.89 bits per heavy atom. The third-order valence-corrected chi connectivity index (χ3v) is 2.60. The lowest BCUT2D eigenvalue weighted by atomic mass is 10.2. The molecule has 0 radical (unpaired) electrons. The number of benzene rings is 2. The minimum Gasteiger partial charge on any atom is -0.374 e. The molecule has 0 heterocycles. The van der Waals surface area contributed by atoms with Gasteiger partial charge >= 0.3 is 0 Å². The van der Waals surface area contributed by atoms with Crippen molar-refractivity contribution in [2.75, 3.05) is 11.9 Å². The van der Waals surface area contributed by atoms with E-state index in [4.69, 9.17) is 11.6 Å². The van der Waals surface area contributed by atoms with Gasteiger partial charge in [-0.15, -0.1) is 0 Å². The second-order valence-corrected chi connectivity index (χ2v) is 4.06. The fourth-order valence-electron chi connectivity index (χ4n) is 1.42. The first-order chi connectivity index (χ1) is 8.75. The molecule has 0 aliphatic carbocycles. The van der Waals surface area contributed by atoms with E-state index in [1.165, 1.54) is 6.07 Å². The topological polar surface area (TPSA) is 12.0 Å². The molecule has 90 valence electrons. The van der Waals surface area contributed by atoms with Crippen molar-refractivity contribution >= 4 is 17.3 Å². The van der Waals surface area contributed by atoms with Gasteiger partial charge in [-0.25, -0.2) is 4.39 Å². The Hall–Kier alpha value is -1.98. The maximum absolute atomic E-state index is 12.9. The SMILES string of the molecule is Fc1ccc(NCC#Cc2ccccc2)cc1Cl. The van der Waals surface area contributed by atoms with E-state index in [2.05, 4.69) is 17.2 Å². The molecule has 0 aliphatic rings. The summed E-state index contributed by atoms with van der Waals surface area (Å²) >= 11 is 5.67. The quantitative estimate of drug-likeness (QED) is 0.806. The number of hydrogen-bond donors (Lipinski definition) is 1. The van der Waals surface area contributed by atoms with Crippen LogP contribution in [0.1, 0.15) is 5.56 Å². The Labute approximate surface area is 111 Å². The van der Waals surface area contributed by atoms with Crippen LogP contribution >= 0.6 is 11.6 Å². The van der Waals surface area contributed by atoms with Crippen LogP contribution < -0.4 is 5.32 Å². The van der Waals surface area contributed by atoms with Crippen molar-refractivity contribution in [3.8, 4) is 11.8 Å². The van der Waals surface area contributed by atoms with Crippen molar-refractivity contribution in [2.45, 2.75) is 0 Å². The molecular formula is C15H11ClFN. The molecule has 2 rings (SSSR count). The summed E-state index contributed by atoms with van der Waals surface area (Å²) < 4.78 is 12.9. The van der Waals surface area contributed by atoms with Crippen LogP contribution in [0.5, 0.6) is 0 Å². The first-order valence-electron chi connectivity index (χ1n) is 5.48. The molecule has 0 atom stereocenters. The number of hydrogen-bond acceptors (Lipinski definition) is 1. The Balaban J connectivity index is 1.93. The highest BCUT2D eigenvalue weighted by Crippen LogP contribution is 2.18. The molecule has 2 aromatic rings. The maximum Gasteiger partial charge on any atom is 0.141 e. The highest BCUT2D eigenvalue weighted by atomic mass is 35.5. The fourth-order valence-corrected chi connectivity index (χ4v) is 1.60. The van der Waals surface area contributed by atoms with Crippen LogP contribution in [0.25, 0.3) is 0 Å². The van der Waals surface area contributed by atoms with Crippen LogP contribution in [0.2, 0.25) is 5.02 Å². The normalized spacial score (nSPS) is 9.44. The standard InChI is InChI=1S/C15H11ClFN/c16-14-11-13(8-9-15(14)17)18-10-4-7-12-5-2-1-3-6-12/h1-3,5-6,8-9,11,18H,10H2. The Kier molecular flexibility index (Phi) is 4.22. The third kappa shape index (κ3) is 3.51. The Morgan fingerprint density at radius 1 is 1.11 bits per heavy atom. The lowest BCUT2D eigenvalue weighted by molar-refractivity contribution is 0.628. The Bertz CT molecular complexity index is 584. The average Bonchev–Trinajstić information content (AvgIpc) is 2.40. The number of rotatable bonds is 2. The van der Waals surface area contributed by atoms with Crippen molar-refractivity contribution in [3.05, 3.63) is 64.9 Å². The largest absolute Gasteiger partial charge is 0.374 e. The first-order valence-corrected chi connectivity index (χ1v) is 5.86. The predicted molar refractivity (Wildman–Crippen MR) is 73.2 cm³/mol. The van der Waals surface area contributed by atoms with Crippen molar-refractivity contribution in [3.63, 3.8) is 0 Å². The highest BCUT2D eigenvalue weighted by molar-refractivity contribution is 6.31. The lowest BCUT2D eigenvalue weighted by Gasteiger charge is -2.02. The van der Waals surface area contributed by atoms with Gasteiger partial charge in [0.25, 0.3) is 0 Å². The summed E-state index contributed by atoms with van der Waals surface area (Å²) in [6.45, 7) is 0.483. The van der Waals surface area contributed by atoms with Gasteiger partial charge < -0.3 is 5.32 Å². The highest BCUT2D eigenvalue weighted by Gasteiger charge is 1.98. The van der Waals surface area contributed by atoms with Crippen molar-refractivity contribution in [1.29, 1.82) is 0 Å². The van der Waals surface area contributed by atoms with Crippen LogP contribution in [0.3, 0.4) is 0 Å². The van der Waals surface area contributed by atoms with Gasteiger partial charge in [0.15, 0.2) is 0 Å². The fraction of sp³-hybridized carbons (Fsp3) is 0.0667. The summed E-state index contributed by atoms with van der Waals surface area (Å²) in [5, 5.41) is 3.17. The van der Waals surface area contributed by atoms with Crippen LogP contribution in [0, 0.1) is 17.7 Å². The van der Waals surface area contributed by atoms with Gasteiger partial charge in [-0.1, -0.05) is 41.6 Å². The van der Waals surface area contributed by atoms with Crippen LogP contribution in [0.15, 0.2) is 48.5 Å². The number of anilines is 1. The predicted octanol–water partition coefficient (Wildman–Crippen LogP) is 3.94. The second kappa shape index (κ2) is 6.09. The van der Waals surface area contributed by atoms with Crippen molar-refractivity contribution in [2.24, 2.45) is 0 Å². The molecule has 0 saturated heterocycles. The zero-order chi connectivity index (χ0) is 12.8. The van der Waals surface area contributed by atoms with E-state index < -0.39 is 5.82 Å². The second-order valence-electron chi connectivity index (χ2n) is 3.65. The molecule has 0 saturated carbocycles. The van der Waals surface area contributed by atoms with Gasteiger partial charge in [-0.3, -0.25) is 0 Å². The van der Waals surface area contributed by atoms with Crippen molar-refractivity contribution in [1.82, 2.24) is 0 Å². The average molecular weight is 260 g/mol. The molecular weight excluding hydrogens is 249 g/mol. The molecule has 1 N–H and O–H groups in total.